The third-order valence-electron chi connectivity index (χ3n) is 4.37. The molecule has 0 bridgehead atoms. The molecule has 0 spiro atoms. The van der Waals surface area contributed by atoms with E-state index in [1.165, 1.54) is 11.1 Å². The van der Waals surface area contributed by atoms with E-state index in [0.29, 0.717) is 19.6 Å². The topological polar surface area (TPSA) is 32.3 Å². The summed E-state index contributed by atoms with van der Waals surface area (Å²) in [6, 6.07) is 16.5. The number of nitrogens with zero attached hydrogens (tertiary/aromatic N) is 1. The van der Waals surface area contributed by atoms with Crippen molar-refractivity contribution in [3.63, 3.8) is 0 Å². The molecule has 2 aromatic rings. The first-order valence-corrected chi connectivity index (χ1v) is 8.85. The highest BCUT2D eigenvalue weighted by Gasteiger charge is 2.13. The van der Waals surface area contributed by atoms with Crippen molar-refractivity contribution in [3.8, 4) is 0 Å². The predicted molar refractivity (Wildman–Crippen MR) is 101 cm³/mol. The van der Waals surface area contributed by atoms with Crippen molar-refractivity contribution >= 4 is 11.6 Å². The fraction of sp³-hybridized carbons (Fsp3) is 0.381. The Morgan fingerprint density at radius 2 is 1.54 bits per heavy atom. The largest absolute Gasteiger partial charge is 0.376 e. The van der Waals surface area contributed by atoms with Gasteiger partial charge in [-0.25, -0.2) is 0 Å². The fourth-order valence-electron chi connectivity index (χ4n) is 2.93. The predicted octanol–water partition coefficient (Wildman–Crippen LogP) is 4.27. The lowest BCUT2D eigenvalue weighted by Gasteiger charge is -2.22. The standard InChI is InChI=1S/C21H28N2O/c1-4-18-13-10-14-19(5-2)21(18)22-15-20(24)23(6-3)16-17-11-8-7-9-12-17/h7-14,22H,4-6,15-16H2,1-3H3. The zero-order valence-corrected chi connectivity index (χ0v) is 15.0. The first-order chi connectivity index (χ1) is 11.7. The van der Waals surface area contributed by atoms with Gasteiger partial charge in [0.25, 0.3) is 0 Å². The van der Waals surface area contributed by atoms with Crippen LogP contribution in [0.4, 0.5) is 5.69 Å². The fourth-order valence-corrected chi connectivity index (χ4v) is 2.93. The highest BCUT2D eigenvalue weighted by Crippen LogP contribution is 2.22. The van der Waals surface area contributed by atoms with Crippen LogP contribution in [0.5, 0.6) is 0 Å². The van der Waals surface area contributed by atoms with Gasteiger partial charge in [-0.1, -0.05) is 62.4 Å². The van der Waals surface area contributed by atoms with Crippen LogP contribution < -0.4 is 5.32 Å². The summed E-state index contributed by atoms with van der Waals surface area (Å²) in [6.07, 6.45) is 1.93. The van der Waals surface area contributed by atoms with Crippen LogP contribution in [0, 0.1) is 0 Å². The first-order valence-electron chi connectivity index (χ1n) is 8.85. The van der Waals surface area contributed by atoms with Gasteiger partial charge in [-0.15, -0.1) is 0 Å². The van der Waals surface area contributed by atoms with Crippen molar-refractivity contribution in [2.75, 3.05) is 18.4 Å². The van der Waals surface area contributed by atoms with E-state index in [1.54, 1.807) is 0 Å². The van der Waals surface area contributed by atoms with Crippen molar-refractivity contribution < 1.29 is 4.79 Å². The minimum absolute atomic E-state index is 0.134. The average molecular weight is 324 g/mol. The summed E-state index contributed by atoms with van der Waals surface area (Å²) < 4.78 is 0. The second kappa shape index (κ2) is 9.11. The van der Waals surface area contributed by atoms with Gasteiger partial charge in [0.15, 0.2) is 0 Å². The van der Waals surface area contributed by atoms with E-state index in [1.807, 2.05) is 30.0 Å². The maximum Gasteiger partial charge on any atom is 0.242 e. The Balaban J connectivity index is 2.04. The molecular formula is C21H28N2O. The number of rotatable bonds is 8. The van der Waals surface area contributed by atoms with E-state index in [9.17, 15) is 4.79 Å². The van der Waals surface area contributed by atoms with E-state index in [-0.39, 0.29) is 5.91 Å². The van der Waals surface area contributed by atoms with Crippen LogP contribution in [0.25, 0.3) is 0 Å². The van der Waals surface area contributed by atoms with Crippen molar-refractivity contribution in [1.29, 1.82) is 0 Å². The molecule has 1 amide bonds. The quantitative estimate of drug-likeness (QED) is 0.786. The zero-order valence-electron chi connectivity index (χ0n) is 15.0. The molecule has 2 rings (SSSR count). The molecule has 24 heavy (non-hydrogen) atoms. The molecule has 0 fully saturated rings. The minimum Gasteiger partial charge on any atom is -0.376 e. The van der Waals surface area contributed by atoms with Crippen LogP contribution in [-0.2, 0) is 24.2 Å². The van der Waals surface area contributed by atoms with Crippen LogP contribution in [0.2, 0.25) is 0 Å². The highest BCUT2D eigenvalue weighted by molar-refractivity contribution is 5.81. The molecule has 3 nitrogen and oxygen atoms in total. The molecule has 0 aliphatic carbocycles. The van der Waals surface area contributed by atoms with Gasteiger partial charge < -0.3 is 10.2 Å². The lowest BCUT2D eigenvalue weighted by atomic mass is 10.0. The first kappa shape index (κ1) is 18.1. The van der Waals surface area contributed by atoms with Gasteiger partial charge >= 0.3 is 0 Å². The Morgan fingerprint density at radius 3 is 2.08 bits per heavy atom. The number of hydrogen-bond acceptors (Lipinski definition) is 2. The monoisotopic (exact) mass is 324 g/mol. The second-order valence-corrected chi connectivity index (χ2v) is 5.91. The lowest BCUT2D eigenvalue weighted by Crippen LogP contribution is -2.35. The number of carbonyl (C=O) groups excluding carboxylic acids is 1. The molecule has 3 heteroatoms. The molecule has 128 valence electrons. The van der Waals surface area contributed by atoms with Crippen molar-refractivity contribution in [2.24, 2.45) is 0 Å². The van der Waals surface area contributed by atoms with Gasteiger partial charge in [0.05, 0.1) is 6.54 Å². The Labute approximate surface area is 145 Å². The Kier molecular flexibility index (Phi) is 6.86. The molecule has 0 saturated heterocycles. The van der Waals surface area contributed by atoms with E-state index in [0.717, 1.165) is 24.1 Å². The number of amides is 1. The number of benzene rings is 2. The molecule has 0 heterocycles. The molecule has 0 unspecified atom stereocenters. The molecule has 0 atom stereocenters. The van der Waals surface area contributed by atoms with Gasteiger partial charge in [0.2, 0.25) is 5.91 Å². The number of hydrogen-bond donors (Lipinski definition) is 1. The number of nitrogens with one attached hydrogen (secondary N) is 1. The summed E-state index contributed by atoms with van der Waals surface area (Å²) in [5, 5.41) is 3.39. The summed E-state index contributed by atoms with van der Waals surface area (Å²) in [4.78, 5) is 14.5. The summed E-state index contributed by atoms with van der Waals surface area (Å²) in [5.41, 5.74) is 4.84. The highest BCUT2D eigenvalue weighted by atomic mass is 16.2. The number of carbonyl (C=O) groups is 1. The van der Waals surface area contributed by atoms with Crippen LogP contribution in [0.15, 0.2) is 48.5 Å². The number of anilines is 1. The Hall–Kier alpha value is -2.29. The van der Waals surface area contributed by atoms with Crippen molar-refractivity contribution in [3.05, 3.63) is 65.2 Å². The van der Waals surface area contributed by atoms with Crippen LogP contribution in [0.3, 0.4) is 0 Å². The number of likely N-dealkylation sites (N-methyl/N-ethyl adjacent to an activating group) is 1. The van der Waals surface area contributed by atoms with E-state index in [2.05, 4.69) is 49.5 Å². The molecule has 0 aliphatic heterocycles. The maximum atomic E-state index is 12.6. The van der Waals surface area contributed by atoms with E-state index < -0.39 is 0 Å². The summed E-state index contributed by atoms with van der Waals surface area (Å²) >= 11 is 0. The van der Waals surface area contributed by atoms with Crippen LogP contribution in [0.1, 0.15) is 37.5 Å². The van der Waals surface area contributed by atoms with Gasteiger partial charge in [-0.05, 0) is 36.5 Å². The number of aryl methyl sites for hydroxylation is 2. The van der Waals surface area contributed by atoms with E-state index >= 15 is 0 Å². The molecule has 0 aromatic heterocycles. The lowest BCUT2D eigenvalue weighted by molar-refractivity contribution is -0.129. The normalized spacial score (nSPS) is 10.5. The van der Waals surface area contributed by atoms with Gasteiger partial charge in [0, 0.05) is 18.8 Å². The average Bonchev–Trinajstić information content (AvgIpc) is 2.64. The molecule has 0 radical (unpaired) electrons. The number of para-hydroxylation sites is 1. The Morgan fingerprint density at radius 1 is 0.917 bits per heavy atom. The van der Waals surface area contributed by atoms with E-state index in [4.69, 9.17) is 0 Å². The van der Waals surface area contributed by atoms with Gasteiger partial charge in [0.1, 0.15) is 0 Å². The van der Waals surface area contributed by atoms with Crippen molar-refractivity contribution in [1.82, 2.24) is 4.90 Å². The third-order valence-corrected chi connectivity index (χ3v) is 4.37. The second-order valence-electron chi connectivity index (χ2n) is 5.91. The molecule has 0 aliphatic rings. The SMILES string of the molecule is CCc1cccc(CC)c1NCC(=O)N(CC)Cc1ccccc1. The molecule has 1 N–H and O–H groups in total. The zero-order chi connectivity index (χ0) is 17.4. The summed E-state index contributed by atoms with van der Waals surface area (Å²) in [5.74, 6) is 0.134. The van der Waals surface area contributed by atoms with Crippen LogP contribution >= 0.6 is 0 Å². The van der Waals surface area contributed by atoms with Gasteiger partial charge in [-0.3, -0.25) is 4.79 Å². The van der Waals surface area contributed by atoms with Crippen LogP contribution in [-0.4, -0.2) is 23.9 Å². The summed E-state index contributed by atoms with van der Waals surface area (Å²) in [7, 11) is 0. The third kappa shape index (κ3) is 4.60. The minimum atomic E-state index is 0.134. The maximum absolute atomic E-state index is 12.6. The summed E-state index contributed by atoms with van der Waals surface area (Å²) in [6.45, 7) is 8.04. The molecule has 0 saturated carbocycles. The smallest absolute Gasteiger partial charge is 0.242 e. The molecular weight excluding hydrogens is 296 g/mol. The molecule has 2 aromatic carbocycles. The van der Waals surface area contributed by atoms with Gasteiger partial charge in [-0.2, -0.15) is 0 Å². The van der Waals surface area contributed by atoms with Crippen molar-refractivity contribution in [2.45, 2.75) is 40.2 Å². The Bertz CT molecular complexity index is 630.